The second-order valence-corrected chi connectivity index (χ2v) is 11.2. The van der Waals surface area contributed by atoms with E-state index in [1.807, 2.05) is 72.1 Å². The van der Waals surface area contributed by atoms with Crippen molar-refractivity contribution in [1.29, 1.82) is 0 Å². The van der Waals surface area contributed by atoms with Crippen LogP contribution in [0.5, 0.6) is 5.75 Å². The van der Waals surface area contributed by atoms with Crippen molar-refractivity contribution in [2.24, 2.45) is 5.10 Å². The van der Waals surface area contributed by atoms with Crippen LogP contribution >= 0.6 is 11.8 Å². The second kappa shape index (κ2) is 12.2. The van der Waals surface area contributed by atoms with Gasteiger partial charge >= 0.3 is 0 Å². The summed E-state index contributed by atoms with van der Waals surface area (Å²) in [6.45, 7) is 6.56. The Morgan fingerprint density at radius 2 is 1.67 bits per heavy atom. The van der Waals surface area contributed by atoms with E-state index in [0.717, 1.165) is 28.3 Å². The Balaban J connectivity index is 1.51. The zero-order valence-corrected chi connectivity index (χ0v) is 24.0. The van der Waals surface area contributed by atoms with E-state index in [9.17, 15) is 4.79 Å². The highest BCUT2D eigenvalue weighted by Crippen LogP contribution is 2.30. The summed E-state index contributed by atoms with van der Waals surface area (Å²) in [6, 6.07) is 23.9. The third kappa shape index (κ3) is 7.06. The lowest BCUT2D eigenvalue weighted by atomic mass is 9.87. The molecule has 0 radical (unpaired) electrons. The Hall–Kier alpha value is -4.11. The number of hydrogen-bond acceptors (Lipinski definition) is 7. The zero-order valence-electron chi connectivity index (χ0n) is 23.2. The summed E-state index contributed by atoms with van der Waals surface area (Å²) < 4.78 is 7.28. The van der Waals surface area contributed by atoms with Crippen LogP contribution < -0.4 is 15.1 Å². The molecule has 202 valence electrons. The number of carbonyl (C=O) groups excluding carboxylic acids is 1. The van der Waals surface area contributed by atoms with Crippen LogP contribution in [-0.4, -0.2) is 53.8 Å². The number of nitrogens with one attached hydrogen (secondary N) is 1. The first-order chi connectivity index (χ1) is 18.7. The SMILES string of the molecule is COc1ccc(-n2c(SCC(=O)N/N=C\c3ccc(N(C)C)cc3)nnc2-c2ccc(C(C)(C)C)cc2)cc1. The van der Waals surface area contributed by atoms with Gasteiger partial charge in [0.1, 0.15) is 5.75 Å². The Kier molecular flexibility index (Phi) is 8.71. The van der Waals surface area contributed by atoms with Gasteiger partial charge < -0.3 is 9.64 Å². The molecule has 0 saturated heterocycles. The maximum Gasteiger partial charge on any atom is 0.250 e. The first kappa shape index (κ1) is 27.9. The van der Waals surface area contributed by atoms with Crippen molar-refractivity contribution < 1.29 is 9.53 Å². The third-order valence-electron chi connectivity index (χ3n) is 6.12. The lowest BCUT2D eigenvalue weighted by Gasteiger charge is -2.19. The minimum atomic E-state index is -0.235. The fraction of sp³-hybridized carbons (Fsp3) is 0.267. The van der Waals surface area contributed by atoms with E-state index in [-0.39, 0.29) is 17.1 Å². The van der Waals surface area contributed by atoms with E-state index < -0.39 is 0 Å². The van der Waals surface area contributed by atoms with Gasteiger partial charge in [0, 0.05) is 31.0 Å². The number of amides is 1. The smallest absolute Gasteiger partial charge is 0.250 e. The standard InChI is InChI=1S/C30H34N6O2S/c1-30(2,3)23-11-9-22(10-12-23)28-33-34-29(36(28)25-15-17-26(38-6)18-16-25)39-20-27(37)32-31-19-21-7-13-24(14-8-21)35(4)5/h7-19H,20H2,1-6H3,(H,32,37)/b31-19-. The van der Waals surface area contributed by atoms with Gasteiger partial charge in [0.2, 0.25) is 0 Å². The molecule has 0 aliphatic rings. The number of nitrogens with zero attached hydrogens (tertiary/aromatic N) is 5. The van der Waals surface area contributed by atoms with E-state index in [2.05, 4.69) is 65.8 Å². The molecular weight excluding hydrogens is 508 g/mol. The molecule has 0 saturated carbocycles. The Bertz CT molecular complexity index is 1420. The molecule has 1 aromatic heterocycles. The molecule has 0 spiro atoms. The molecule has 4 rings (SSSR count). The Morgan fingerprint density at radius 3 is 2.26 bits per heavy atom. The van der Waals surface area contributed by atoms with Crippen LogP contribution in [0.2, 0.25) is 0 Å². The van der Waals surface area contributed by atoms with Gasteiger partial charge in [0.05, 0.1) is 19.1 Å². The number of methoxy groups -OCH3 is 1. The van der Waals surface area contributed by atoms with Crippen LogP contribution in [0.4, 0.5) is 5.69 Å². The normalized spacial score (nSPS) is 11.5. The summed E-state index contributed by atoms with van der Waals surface area (Å²) in [5.74, 6) is 1.35. The summed E-state index contributed by atoms with van der Waals surface area (Å²) in [5.41, 5.74) is 7.69. The van der Waals surface area contributed by atoms with Crippen LogP contribution in [0.15, 0.2) is 83.1 Å². The summed E-state index contributed by atoms with van der Waals surface area (Å²) in [5, 5.41) is 13.6. The van der Waals surface area contributed by atoms with Crippen LogP contribution in [0.25, 0.3) is 17.1 Å². The molecule has 4 aromatic rings. The van der Waals surface area contributed by atoms with E-state index in [1.165, 1.54) is 17.3 Å². The van der Waals surface area contributed by atoms with Gasteiger partial charge in [-0.15, -0.1) is 10.2 Å². The van der Waals surface area contributed by atoms with Gasteiger partial charge in [-0.25, -0.2) is 5.43 Å². The van der Waals surface area contributed by atoms with E-state index in [4.69, 9.17) is 4.74 Å². The van der Waals surface area contributed by atoms with Crippen LogP contribution in [0.3, 0.4) is 0 Å². The van der Waals surface area contributed by atoms with Gasteiger partial charge in [-0.1, -0.05) is 68.9 Å². The van der Waals surface area contributed by atoms with Gasteiger partial charge in [-0.3, -0.25) is 9.36 Å². The number of hydrogen-bond donors (Lipinski definition) is 1. The highest BCUT2D eigenvalue weighted by molar-refractivity contribution is 7.99. The molecule has 0 aliphatic carbocycles. The number of hydrazone groups is 1. The fourth-order valence-electron chi connectivity index (χ4n) is 3.83. The second-order valence-electron chi connectivity index (χ2n) is 10.2. The van der Waals surface area contributed by atoms with Gasteiger partial charge in [0.25, 0.3) is 5.91 Å². The lowest BCUT2D eigenvalue weighted by Crippen LogP contribution is -2.20. The summed E-state index contributed by atoms with van der Waals surface area (Å²) >= 11 is 1.30. The monoisotopic (exact) mass is 542 g/mol. The topological polar surface area (TPSA) is 84.6 Å². The summed E-state index contributed by atoms with van der Waals surface area (Å²) in [6.07, 6.45) is 1.63. The minimum absolute atomic E-state index is 0.0503. The molecule has 1 N–H and O–H groups in total. The maximum atomic E-state index is 12.6. The number of thioether (sulfide) groups is 1. The number of anilines is 1. The molecule has 1 amide bonds. The van der Waals surface area contributed by atoms with Gasteiger partial charge in [-0.2, -0.15) is 5.10 Å². The van der Waals surface area contributed by atoms with Crippen molar-refractivity contribution >= 4 is 29.6 Å². The molecular formula is C30H34N6O2S. The molecule has 39 heavy (non-hydrogen) atoms. The molecule has 0 unspecified atom stereocenters. The first-order valence-corrected chi connectivity index (χ1v) is 13.6. The van der Waals surface area contributed by atoms with E-state index in [0.29, 0.717) is 11.0 Å². The predicted octanol–water partition coefficient (Wildman–Crippen LogP) is 5.55. The molecule has 3 aromatic carbocycles. The highest BCUT2D eigenvalue weighted by Gasteiger charge is 2.19. The van der Waals surface area contributed by atoms with Crippen molar-refractivity contribution in [3.8, 4) is 22.8 Å². The van der Waals surface area contributed by atoms with E-state index in [1.54, 1.807) is 13.3 Å². The third-order valence-corrected chi connectivity index (χ3v) is 7.05. The maximum absolute atomic E-state index is 12.6. The Morgan fingerprint density at radius 1 is 1.00 bits per heavy atom. The Labute approximate surface area is 234 Å². The predicted molar refractivity (Wildman–Crippen MR) is 159 cm³/mol. The average molecular weight is 543 g/mol. The molecule has 9 heteroatoms. The zero-order chi connectivity index (χ0) is 28.0. The summed E-state index contributed by atoms with van der Waals surface area (Å²) in [7, 11) is 5.61. The quantitative estimate of drug-likeness (QED) is 0.170. The van der Waals surface area contributed by atoms with E-state index >= 15 is 0 Å². The fourth-order valence-corrected chi connectivity index (χ4v) is 4.58. The van der Waals surface area contributed by atoms with Crippen molar-refractivity contribution in [2.75, 3.05) is 31.9 Å². The average Bonchev–Trinajstić information content (AvgIpc) is 3.36. The number of benzene rings is 3. The number of ether oxygens (including phenoxy) is 1. The number of carbonyl (C=O) groups is 1. The van der Waals surface area contributed by atoms with Crippen LogP contribution in [0.1, 0.15) is 31.9 Å². The minimum Gasteiger partial charge on any atom is -0.497 e. The molecule has 1 heterocycles. The van der Waals surface area contributed by atoms with Gasteiger partial charge in [0.15, 0.2) is 11.0 Å². The molecule has 0 fully saturated rings. The number of aromatic nitrogens is 3. The molecule has 0 atom stereocenters. The van der Waals surface area contributed by atoms with Crippen molar-refractivity contribution in [3.63, 3.8) is 0 Å². The van der Waals surface area contributed by atoms with Gasteiger partial charge in [-0.05, 0) is 52.9 Å². The molecule has 0 bridgehead atoms. The summed E-state index contributed by atoms with van der Waals surface area (Å²) in [4.78, 5) is 14.6. The molecule has 0 aliphatic heterocycles. The van der Waals surface area contributed by atoms with Crippen molar-refractivity contribution in [3.05, 3.63) is 83.9 Å². The number of rotatable bonds is 9. The lowest BCUT2D eigenvalue weighted by molar-refractivity contribution is -0.118. The van der Waals surface area contributed by atoms with Crippen LogP contribution in [0, 0.1) is 0 Å². The molecule has 8 nitrogen and oxygen atoms in total. The largest absolute Gasteiger partial charge is 0.497 e. The van der Waals surface area contributed by atoms with Crippen molar-refractivity contribution in [1.82, 2.24) is 20.2 Å². The first-order valence-electron chi connectivity index (χ1n) is 12.6. The van der Waals surface area contributed by atoms with Crippen molar-refractivity contribution in [2.45, 2.75) is 31.3 Å². The highest BCUT2D eigenvalue weighted by atomic mass is 32.2. The van der Waals surface area contributed by atoms with Crippen LogP contribution in [-0.2, 0) is 10.2 Å².